The third-order valence-corrected chi connectivity index (χ3v) is 4.41. The number of amides is 1. The van der Waals surface area contributed by atoms with E-state index < -0.39 is 5.91 Å². The SMILES string of the molecule is CC.CN/C(=C\c1cccc(OCC(N)=O)c1)c1cc2ccccc2[nH]c1=O.COC(=O)CCO. The van der Waals surface area contributed by atoms with Crippen LogP contribution >= 0.6 is 0 Å². The standard InChI is InChI=1S/C20H19N3O3.C4H8O3.C2H6/c1-22-18(10-13-5-4-7-15(9-13)26-12-19(21)24)16-11-14-6-2-3-8-17(14)23-20(16)25;1-7-4(6)2-3-5;1-2/h2-11,22H,12H2,1H3,(H2,21,24)(H,23,25);5H,2-3H2,1H3;1-2H3/b18-10-;;. The van der Waals surface area contributed by atoms with Crippen molar-refractivity contribution in [2.45, 2.75) is 20.3 Å². The predicted molar refractivity (Wildman–Crippen MR) is 138 cm³/mol. The summed E-state index contributed by atoms with van der Waals surface area (Å²) < 4.78 is 9.51. The third kappa shape index (κ3) is 9.73. The number of benzene rings is 2. The van der Waals surface area contributed by atoms with Crippen molar-refractivity contribution in [2.75, 3.05) is 27.4 Å². The molecule has 1 aromatic heterocycles. The van der Waals surface area contributed by atoms with Gasteiger partial charge in [0.1, 0.15) is 5.75 Å². The molecule has 1 amide bonds. The maximum absolute atomic E-state index is 12.5. The van der Waals surface area contributed by atoms with Crippen molar-refractivity contribution >= 4 is 34.6 Å². The summed E-state index contributed by atoms with van der Waals surface area (Å²) in [7, 11) is 3.05. The van der Waals surface area contributed by atoms with Crippen LogP contribution < -0.4 is 21.3 Å². The van der Waals surface area contributed by atoms with Gasteiger partial charge in [0, 0.05) is 18.3 Å². The Morgan fingerprint density at radius 3 is 2.43 bits per heavy atom. The molecule has 2 aromatic carbocycles. The van der Waals surface area contributed by atoms with Gasteiger partial charge in [-0.05, 0) is 41.3 Å². The van der Waals surface area contributed by atoms with Gasteiger partial charge in [0.15, 0.2) is 6.61 Å². The molecule has 0 atom stereocenters. The molecule has 3 aromatic rings. The fourth-order valence-corrected chi connectivity index (χ4v) is 2.84. The molecule has 0 spiro atoms. The van der Waals surface area contributed by atoms with E-state index >= 15 is 0 Å². The van der Waals surface area contributed by atoms with Gasteiger partial charge < -0.3 is 30.6 Å². The zero-order valence-corrected chi connectivity index (χ0v) is 20.5. The Morgan fingerprint density at radius 1 is 1.11 bits per heavy atom. The topological polar surface area (TPSA) is 144 Å². The van der Waals surface area contributed by atoms with E-state index in [0.29, 0.717) is 17.0 Å². The molecule has 0 aliphatic heterocycles. The lowest BCUT2D eigenvalue weighted by molar-refractivity contribution is -0.141. The number of aliphatic hydroxyl groups is 1. The Bertz CT molecular complexity index is 1190. The number of hydrogen-bond acceptors (Lipinski definition) is 7. The van der Waals surface area contributed by atoms with E-state index in [1.165, 1.54) is 7.11 Å². The van der Waals surface area contributed by atoms with Crippen molar-refractivity contribution in [3.63, 3.8) is 0 Å². The first kappa shape index (κ1) is 28.9. The Labute approximate surface area is 204 Å². The molecule has 0 saturated heterocycles. The zero-order chi connectivity index (χ0) is 26.2. The average Bonchev–Trinajstić information content (AvgIpc) is 2.87. The van der Waals surface area contributed by atoms with Crippen LogP contribution in [0.25, 0.3) is 22.7 Å². The Balaban J connectivity index is 0.000000587. The minimum atomic E-state index is -0.537. The number of H-pyrrole nitrogens is 1. The number of aromatic amines is 1. The Kier molecular flexibility index (Phi) is 13.0. The molecule has 1 heterocycles. The van der Waals surface area contributed by atoms with Gasteiger partial charge in [-0.3, -0.25) is 14.4 Å². The largest absolute Gasteiger partial charge is 0.484 e. The summed E-state index contributed by atoms with van der Waals surface area (Å²) >= 11 is 0. The number of hydrogen-bond donors (Lipinski definition) is 4. The molecule has 0 unspecified atom stereocenters. The van der Waals surface area contributed by atoms with Gasteiger partial charge in [-0.1, -0.05) is 44.2 Å². The summed E-state index contributed by atoms with van der Waals surface area (Å²) in [5, 5.41) is 12.1. The van der Waals surface area contributed by atoms with Crippen molar-refractivity contribution in [1.82, 2.24) is 10.3 Å². The summed E-state index contributed by atoms with van der Waals surface area (Å²) in [4.78, 5) is 36.2. The zero-order valence-electron chi connectivity index (χ0n) is 20.5. The van der Waals surface area contributed by atoms with Crippen molar-refractivity contribution in [1.29, 1.82) is 0 Å². The highest BCUT2D eigenvalue weighted by Crippen LogP contribution is 2.19. The van der Waals surface area contributed by atoms with Crippen LogP contribution in [0.15, 0.2) is 59.4 Å². The second kappa shape index (κ2) is 15.7. The molecule has 9 nitrogen and oxygen atoms in total. The van der Waals surface area contributed by atoms with E-state index in [9.17, 15) is 14.4 Å². The van der Waals surface area contributed by atoms with E-state index in [-0.39, 0.29) is 31.2 Å². The van der Waals surface area contributed by atoms with Crippen molar-refractivity contribution < 1.29 is 24.2 Å². The molecule has 5 N–H and O–H groups in total. The van der Waals surface area contributed by atoms with Crippen molar-refractivity contribution in [2.24, 2.45) is 5.73 Å². The summed E-state index contributed by atoms with van der Waals surface area (Å²) in [6.07, 6.45) is 1.94. The molecule has 35 heavy (non-hydrogen) atoms. The number of nitrogens with one attached hydrogen (secondary N) is 2. The first-order valence-electron chi connectivity index (χ1n) is 11.1. The number of carbonyl (C=O) groups excluding carboxylic acids is 2. The number of nitrogens with two attached hydrogens (primary N) is 1. The molecule has 3 rings (SSSR count). The molecular weight excluding hydrogens is 450 g/mol. The van der Waals surface area contributed by atoms with Gasteiger partial charge in [-0.2, -0.15) is 0 Å². The molecule has 0 radical (unpaired) electrons. The number of fused-ring (bicyclic) bond motifs is 1. The van der Waals surface area contributed by atoms with E-state index in [1.54, 1.807) is 25.2 Å². The molecule has 188 valence electrons. The minimum Gasteiger partial charge on any atom is -0.484 e. The smallest absolute Gasteiger partial charge is 0.307 e. The lowest BCUT2D eigenvalue weighted by atomic mass is 10.1. The maximum Gasteiger partial charge on any atom is 0.307 e. The third-order valence-electron chi connectivity index (χ3n) is 4.41. The number of para-hydroxylation sites is 1. The molecule has 0 saturated carbocycles. The number of methoxy groups -OCH3 is 1. The highest BCUT2D eigenvalue weighted by Gasteiger charge is 2.08. The highest BCUT2D eigenvalue weighted by atomic mass is 16.5. The van der Waals surface area contributed by atoms with Gasteiger partial charge in [-0.15, -0.1) is 0 Å². The fourth-order valence-electron chi connectivity index (χ4n) is 2.84. The number of pyridine rings is 1. The van der Waals surface area contributed by atoms with E-state index in [0.717, 1.165) is 16.5 Å². The summed E-state index contributed by atoms with van der Waals surface area (Å²) in [5.41, 5.74) is 7.74. The van der Waals surface area contributed by atoms with Crippen LogP contribution in [0.1, 0.15) is 31.4 Å². The second-order valence-corrected chi connectivity index (χ2v) is 6.78. The predicted octanol–water partition coefficient (Wildman–Crippen LogP) is 2.68. The van der Waals surface area contributed by atoms with Gasteiger partial charge in [0.2, 0.25) is 0 Å². The number of primary amides is 1. The van der Waals surface area contributed by atoms with Gasteiger partial charge >= 0.3 is 5.97 Å². The fraction of sp³-hybridized carbons (Fsp3) is 0.269. The normalized spacial score (nSPS) is 10.3. The van der Waals surface area contributed by atoms with Crippen LogP contribution in [-0.4, -0.2) is 49.3 Å². The maximum atomic E-state index is 12.5. The molecular formula is C26H33N3O6. The van der Waals surface area contributed by atoms with Gasteiger partial charge in [0.25, 0.3) is 11.5 Å². The highest BCUT2D eigenvalue weighted by molar-refractivity contribution is 5.86. The number of aromatic nitrogens is 1. The number of esters is 1. The quantitative estimate of drug-likeness (QED) is 0.361. The summed E-state index contributed by atoms with van der Waals surface area (Å²) in [6.45, 7) is 3.68. The van der Waals surface area contributed by atoms with Crippen LogP contribution in [0.5, 0.6) is 5.75 Å². The van der Waals surface area contributed by atoms with Crippen LogP contribution in [0.2, 0.25) is 0 Å². The molecule has 0 bridgehead atoms. The number of carbonyl (C=O) groups is 2. The summed E-state index contributed by atoms with van der Waals surface area (Å²) in [6, 6.07) is 16.7. The van der Waals surface area contributed by atoms with E-state index in [2.05, 4.69) is 15.0 Å². The molecule has 0 aliphatic rings. The lowest BCUT2D eigenvalue weighted by Gasteiger charge is -2.09. The summed E-state index contributed by atoms with van der Waals surface area (Å²) in [5.74, 6) is -0.382. The van der Waals surface area contributed by atoms with Crippen LogP contribution in [0, 0.1) is 0 Å². The molecule has 9 heteroatoms. The number of ether oxygens (including phenoxy) is 2. The van der Waals surface area contributed by atoms with Gasteiger partial charge in [-0.25, -0.2) is 0 Å². The number of aliphatic hydroxyl groups excluding tert-OH is 1. The van der Waals surface area contributed by atoms with Gasteiger partial charge in [0.05, 0.1) is 25.7 Å². The second-order valence-electron chi connectivity index (χ2n) is 6.78. The van der Waals surface area contributed by atoms with Crippen LogP contribution in [-0.2, 0) is 14.3 Å². The monoisotopic (exact) mass is 483 g/mol. The van der Waals surface area contributed by atoms with Crippen LogP contribution in [0.3, 0.4) is 0 Å². The molecule has 0 aliphatic carbocycles. The van der Waals surface area contributed by atoms with Crippen LogP contribution in [0.4, 0.5) is 0 Å². The van der Waals surface area contributed by atoms with E-state index in [4.69, 9.17) is 15.6 Å². The first-order valence-corrected chi connectivity index (χ1v) is 11.1. The van der Waals surface area contributed by atoms with E-state index in [1.807, 2.05) is 56.3 Å². The number of rotatable bonds is 8. The minimum absolute atomic E-state index is 0.0938. The Hall–Kier alpha value is -4.11. The lowest BCUT2D eigenvalue weighted by Crippen LogP contribution is -2.20. The van der Waals surface area contributed by atoms with Crippen molar-refractivity contribution in [3.8, 4) is 5.75 Å². The Morgan fingerprint density at radius 2 is 1.83 bits per heavy atom. The average molecular weight is 484 g/mol. The first-order chi connectivity index (χ1) is 16.9. The molecule has 0 fully saturated rings. The van der Waals surface area contributed by atoms with Crippen molar-refractivity contribution in [3.05, 3.63) is 76.1 Å².